The summed E-state index contributed by atoms with van der Waals surface area (Å²) in [5.41, 5.74) is 0.756. The number of amides is 1. The van der Waals surface area contributed by atoms with Gasteiger partial charge in [-0.05, 0) is 37.0 Å². The minimum Gasteiger partial charge on any atom is -0.479 e. The number of nitrogens with one attached hydrogen (secondary N) is 1. The highest BCUT2D eigenvalue weighted by Crippen LogP contribution is 2.26. The van der Waals surface area contributed by atoms with Crippen LogP contribution in [0.25, 0.3) is 0 Å². The molecule has 0 saturated heterocycles. The number of carbonyl (C=O) groups is 2. The zero-order valence-corrected chi connectivity index (χ0v) is 11.4. The third kappa shape index (κ3) is 3.15. The summed E-state index contributed by atoms with van der Waals surface area (Å²) in [6.07, 6.45) is 3.62. The Morgan fingerprint density at radius 3 is 2.55 bits per heavy atom. The van der Waals surface area contributed by atoms with Gasteiger partial charge in [0.05, 0.1) is 0 Å². The van der Waals surface area contributed by atoms with Crippen molar-refractivity contribution >= 4 is 11.9 Å². The summed E-state index contributed by atoms with van der Waals surface area (Å²) in [6, 6.07) is 2.96. The van der Waals surface area contributed by atoms with Crippen LogP contribution in [0, 0.1) is 18.7 Å². The average Bonchev–Trinajstić information content (AvgIpc) is 2.93. The first-order valence-electron chi connectivity index (χ1n) is 6.78. The normalized spacial score (nSPS) is 16.9. The Labute approximate surface area is 117 Å². The number of hydrogen-bond donors (Lipinski definition) is 2. The van der Waals surface area contributed by atoms with Crippen molar-refractivity contribution < 1.29 is 19.1 Å². The lowest BCUT2D eigenvalue weighted by molar-refractivity contribution is -0.142. The summed E-state index contributed by atoms with van der Waals surface area (Å²) < 4.78 is 13.2. The maximum atomic E-state index is 13.2. The van der Waals surface area contributed by atoms with E-state index in [9.17, 15) is 19.1 Å². The van der Waals surface area contributed by atoms with Crippen molar-refractivity contribution in [2.45, 2.75) is 38.6 Å². The molecule has 1 aromatic carbocycles. The van der Waals surface area contributed by atoms with E-state index in [0.29, 0.717) is 11.1 Å². The zero-order valence-electron chi connectivity index (χ0n) is 11.4. The summed E-state index contributed by atoms with van der Waals surface area (Å²) in [6.45, 7) is 1.57. The number of carboxylic acid groups (broad SMARTS) is 1. The number of hydrogen-bond acceptors (Lipinski definition) is 2. The fourth-order valence-corrected chi connectivity index (χ4v) is 2.58. The molecule has 0 heterocycles. The van der Waals surface area contributed by atoms with Gasteiger partial charge in [-0.25, -0.2) is 9.18 Å². The second-order valence-electron chi connectivity index (χ2n) is 5.27. The lowest BCUT2D eigenvalue weighted by atomic mass is 10.0. The monoisotopic (exact) mass is 279 g/mol. The third-order valence-corrected chi connectivity index (χ3v) is 3.77. The SMILES string of the molecule is Cc1cc(C(NC(=O)C2CCCC2)C(=O)O)ccc1F. The molecule has 0 aliphatic heterocycles. The fraction of sp³-hybridized carbons (Fsp3) is 0.467. The molecule has 0 radical (unpaired) electrons. The van der Waals surface area contributed by atoms with Crippen LogP contribution in [0.5, 0.6) is 0 Å². The first-order valence-corrected chi connectivity index (χ1v) is 6.78. The Hall–Kier alpha value is -1.91. The second-order valence-corrected chi connectivity index (χ2v) is 5.27. The van der Waals surface area contributed by atoms with Crippen LogP contribution in [-0.4, -0.2) is 17.0 Å². The smallest absolute Gasteiger partial charge is 0.330 e. The van der Waals surface area contributed by atoms with Gasteiger partial charge in [-0.1, -0.05) is 25.0 Å². The highest BCUT2D eigenvalue weighted by Gasteiger charge is 2.28. The molecule has 1 amide bonds. The molecule has 1 unspecified atom stereocenters. The molecule has 1 aliphatic rings. The maximum absolute atomic E-state index is 13.2. The molecule has 5 heteroatoms. The van der Waals surface area contributed by atoms with Crippen molar-refractivity contribution in [2.75, 3.05) is 0 Å². The van der Waals surface area contributed by atoms with Crippen molar-refractivity contribution in [2.24, 2.45) is 5.92 Å². The molecule has 108 valence electrons. The van der Waals surface area contributed by atoms with Gasteiger partial charge < -0.3 is 10.4 Å². The van der Waals surface area contributed by atoms with E-state index in [1.807, 2.05) is 0 Å². The van der Waals surface area contributed by atoms with Crippen molar-refractivity contribution in [1.29, 1.82) is 0 Å². The predicted octanol–water partition coefficient (Wildman–Crippen LogP) is 2.57. The number of aliphatic carboxylic acids is 1. The first kappa shape index (κ1) is 14.5. The highest BCUT2D eigenvalue weighted by molar-refractivity contribution is 5.86. The average molecular weight is 279 g/mol. The second kappa shape index (κ2) is 6.03. The molecule has 2 N–H and O–H groups in total. The van der Waals surface area contributed by atoms with E-state index in [1.54, 1.807) is 6.92 Å². The van der Waals surface area contributed by atoms with E-state index in [4.69, 9.17) is 0 Å². The van der Waals surface area contributed by atoms with Crippen LogP contribution in [0.1, 0.15) is 42.9 Å². The highest BCUT2D eigenvalue weighted by atomic mass is 19.1. The summed E-state index contributed by atoms with van der Waals surface area (Å²) in [5.74, 6) is -1.85. The zero-order chi connectivity index (χ0) is 14.7. The van der Waals surface area contributed by atoms with Crippen LogP contribution >= 0.6 is 0 Å². The molecule has 1 fully saturated rings. The minimum atomic E-state index is -1.14. The molecule has 2 rings (SSSR count). The number of aryl methyl sites for hydroxylation is 1. The van der Waals surface area contributed by atoms with Crippen molar-refractivity contribution in [3.05, 3.63) is 35.1 Å². The van der Waals surface area contributed by atoms with Crippen molar-refractivity contribution in [3.63, 3.8) is 0 Å². The van der Waals surface area contributed by atoms with Crippen molar-refractivity contribution in [3.8, 4) is 0 Å². The predicted molar refractivity (Wildman–Crippen MR) is 71.6 cm³/mol. The number of halogens is 1. The Morgan fingerprint density at radius 1 is 1.35 bits per heavy atom. The van der Waals surface area contributed by atoms with Gasteiger partial charge in [0.25, 0.3) is 0 Å². The van der Waals surface area contributed by atoms with E-state index in [-0.39, 0.29) is 17.6 Å². The third-order valence-electron chi connectivity index (χ3n) is 3.77. The van der Waals surface area contributed by atoms with Crippen LogP contribution in [0.3, 0.4) is 0 Å². The first-order chi connectivity index (χ1) is 9.49. The number of carboxylic acids is 1. The van der Waals surface area contributed by atoms with E-state index in [0.717, 1.165) is 25.7 Å². The Bertz CT molecular complexity index is 524. The standard InChI is InChI=1S/C15H18FNO3/c1-9-8-11(6-7-12(9)16)13(15(19)20)17-14(18)10-4-2-3-5-10/h6-8,10,13H,2-5H2,1H3,(H,17,18)(H,19,20). The molecule has 1 aromatic rings. The van der Waals surface area contributed by atoms with Gasteiger partial charge in [0.1, 0.15) is 5.82 Å². The number of benzene rings is 1. The quantitative estimate of drug-likeness (QED) is 0.890. The lowest BCUT2D eigenvalue weighted by Crippen LogP contribution is -2.37. The van der Waals surface area contributed by atoms with Gasteiger partial charge in [-0.15, -0.1) is 0 Å². The number of carbonyl (C=O) groups excluding carboxylic acids is 1. The van der Waals surface area contributed by atoms with Crippen molar-refractivity contribution in [1.82, 2.24) is 5.32 Å². The van der Waals surface area contributed by atoms with Crippen LogP contribution in [0.2, 0.25) is 0 Å². The molecule has 1 aliphatic carbocycles. The minimum absolute atomic E-state index is 0.0987. The fourth-order valence-electron chi connectivity index (χ4n) is 2.58. The van der Waals surface area contributed by atoms with Crippen LogP contribution < -0.4 is 5.32 Å². The molecule has 4 nitrogen and oxygen atoms in total. The van der Waals surface area contributed by atoms with Gasteiger partial charge in [0.15, 0.2) is 6.04 Å². The summed E-state index contributed by atoms with van der Waals surface area (Å²) >= 11 is 0. The van der Waals surface area contributed by atoms with E-state index in [2.05, 4.69) is 5.32 Å². The molecule has 0 bridgehead atoms. The van der Waals surface area contributed by atoms with E-state index < -0.39 is 12.0 Å². The maximum Gasteiger partial charge on any atom is 0.330 e. The van der Waals surface area contributed by atoms with Gasteiger partial charge >= 0.3 is 5.97 Å². The molecular formula is C15H18FNO3. The molecular weight excluding hydrogens is 261 g/mol. The lowest BCUT2D eigenvalue weighted by Gasteiger charge is -2.18. The van der Waals surface area contributed by atoms with E-state index >= 15 is 0 Å². The van der Waals surface area contributed by atoms with Gasteiger partial charge in [-0.3, -0.25) is 4.79 Å². The van der Waals surface area contributed by atoms with Crippen LogP contribution in [0.15, 0.2) is 18.2 Å². The Morgan fingerprint density at radius 2 is 2.00 bits per heavy atom. The van der Waals surface area contributed by atoms with Gasteiger partial charge in [0.2, 0.25) is 5.91 Å². The molecule has 1 atom stereocenters. The topological polar surface area (TPSA) is 66.4 Å². The Kier molecular flexibility index (Phi) is 4.37. The van der Waals surface area contributed by atoms with Gasteiger partial charge in [-0.2, -0.15) is 0 Å². The summed E-state index contributed by atoms with van der Waals surface area (Å²) in [4.78, 5) is 23.4. The Balaban J connectivity index is 2.16. The summed E-state index contributed by atoms with van der Waals surface area (Å²) in [7, 11) is 0. The molecule has 20 heavy (non-hydrogen) atoms. The van der Waals surface area contributed by atoms with E-state index in [1.165, 1.54) is 18.2 Å². The van der Waals surface area contributed by atoms with Gasteiger partial charge in [0, 0.05) is 5.92 Å². The molecule has 0 aromatic heterocycles. The van der Waals surface area contributed by atoms with Crippen LogP contribution in [-0.2, 0) is 9.59 Å². The molecule has 0 spiro atoms. The molecule has 1 saturated carbocycles. The summed E-state index contributed by atoms with van der Waals surface area (Å²) in [5, 5.41) is 11.8. The number of rotatable bonds is 4. The van der Waals surface area contributed by atoms with Crippen LogP contribution in [0.4, 0.5) is 4.39 Å². The largest absolute Gasteiger partial charge is 0.479 e.